The van der Waals surface area contributed by atoms with E-state index in [1.807, 2.05) is 31.2 Å². The highest BCUT2D eigenvalue weighted by molar-refractivity contribution is 6.05. The molecule has 1 aliphatic carbocycles. The molecule has 4 aromatic heterocycles. The van der Waals surface area contributed by atoms with Crippen LogP contribution in [0.5, 0.6) is 0 Å². The van der Waals surface area contributed by atoms with E-state index in [-0.39, 0.29) is 17.2 Å². The van der Waals surface area contributed by atoms with Crippen molar-refractivity contribution in [2.24, 2.45) is 0 Å². The van der Waals surface area contributed by atoms with Gasteiger partial charge < -0.3 is 9.72 Å². The number of carbonyl (C=O) groups excluding carboxylic acids is 1. The van der Waals surface area contributed by atoms with Crippen LogP contribution in [0.3, 0.4) is 0 Å². The van der Waals surface area contributed by atoms with Crippen molar-refractivity contribution in [3.8, 4) is 5.69 Å². The van der Waals surface area contributed by atoms with Gasteiger partial charge in [-0.2, -0.15) is 0 Å². The molecule has 10 nitrogen and oxygen atoms in total. The second-order valence-corrected chi connectivity index (χ2v) is 9.56. The summed E-state index contributed by atoms with van der Waals surface area (Å²) in [6, 6.07) is 11.1. The van der Waals surface area contributed by atoms with Gasteiger partial charge in [-0.1, -0.05) is 37.0 Å². The van der Waals surface area contributed by atoms with Crippen LogP contribution in [0.4, 0.5) is 0 Å². The zero-order valence-corrected chi connectivity index (χ0v) is 22.0. The van der Waals surface area contributed by atoms with E-state index in [0.717, 1.165) is 31.4 Å². The SMILES string of the molecule is CCOC(=O)c1cnc2[nH]c3c(=O)n(C4CCCCC4)cnc3c2c1.Cc1ccc(-n2cnccc2=O)cc1. The number of aromatic nitrogens is 6. The van der Waals surface area contributed by atoms with Crippen molar-refractivity contribution in [2.45, 2.75) is 52.0 Å². The number of H-pyrrole nitrogens is 1. The molecule has 0 aliphatic heterocycles. The number of carbonyl (C=O) groups is 1. The normalized spacial score (nSPS) is 13.7. The van der Waals surface area contributed by atoms with Crippen LogP contribution in [0, 0.1) is 6.92 Å². The Morgan fingerprint density at radius 2 is 1.82 bits per heavy atom. The highest BCUT2D eigenvalue weighted by Gasteiger charge is 2.20. The summed E-state index contributed by atoms with van der Waals surface area (Å²) in [5, 5.41) is 0.661. The van der Waals surface area contributed by atoms with Gasteiger partial charge in [-0.25, -0.2) is 19.7 Å². The summed E-state index contributed by atoms with van der Waals surface area (Å²) in [7, 11) is 0. The highest BCUT2D eigenvalue weighted by atomic mass is 16.5. The number of aromatic amines is 1. The van der Waals surface area contributed by atoms with Gasteiger partial charge in [-0.15, -0.1) is 0 Å². The smallest absolute Gasteiger partial charge is 0.339 e. The fourth-order valence-corrected chi connectivity index (χ4v) is 4.84. The molecule has 0 saturated heterocycles. The lowest BCUT2D eigenvalue weighted by atomic mass is 9.95. The molecule has 10 heteroatoms. The second kappa shape index (κ2) is 11.4. The lowest BCUT2D eigenvalue weighted by Crippen LogP contribution is -2.26. The largest absolute Gasteiger partial charge is 0.462 e. The molecule has 0 radical (unpaired) electrons. The minimum absolute atomic E-state index is 0.0659. The summed E-state index contributed by atoms with van der Waals surface area (Å²) in [5.41, 5.74) is 3.76. The molecule has 1 aromatic carbocycles. The van der Waals surface area contributed by atoms with Crippen molar-refractivity contribution in [3.63, 3.8) is 0 Å². The molecule has 0 amide bonds. The van der Waals surface area contributed by atoms with Gasteiger partial charge in [-0.05, 0) is 44.9 Å². The zero-order valence-electron chi connectivity index (χ0n) is 22.0. The van der Waals surface area contributed by atoms with E-state index in [0.29, 0.717) is 34.2 Å². The second-order valence-electron chi connectivity index (χ2n) is 9.56. The Hall–Kier alpha value is -4.60. The third-order valence-corrected chi connectivity index (χ3v) is 6.90. The quantitative estimate of drug-likeness (QED) is 0.342. The van der Waals surface area contributed by atoms with Crippen molar-refractivity contribution in [1.29, 1.82) is 0 Å². The van der Waals surface area contributed by atoms with Crippen molar-refractivity contribution < 1.29 is 9.53 Å². The number of ether oxygens (including phenoxy) is 1. The zero-order chi connectivity index (χ0) is 27.4. The maximum absolute atomic E-state index is 12.9. The predicted octanol–water partition coefficient (Wildman–Crippen LogP) is 4.50. The number of rotatable bonds is 4. The average molecular weight is 527 g/mol. The Labute approximate surface area is 224 Å². The average Bonchev–Trinajstić information content (AvgIpc) is 3.34. The lowest BCUT2D eigenvalue weighted by Gasteiger charge is -2.23. The summed E-state index contributed by atoms with van der Waals surface area (Å²) in [6.45, 7) is 4.07. The molecule has 0 unspecified atom stereocenters. The van der Waals surface area contributed by atoms with E-state index in [2.05, 4.69) is 19.9 Å². The standard InChI is InChI=1S/C18H20N4O3.C11H10N2O/c1-2-25-18(24)11-8-13-14-15(21-16(13)19-9-11)17(23)22(10-20-14)12-6-4-3-5-7-12;1-9-2-4-10(5-3-9)13-8-12-7-6-11(13)14/h8-10,12H,2-7H2,1H3,(H,19,21);2-8H,1H3. The Kier molecular flexibility index (Phi) is 7.62. The molecule has 5 aromatic rings. The van der Waals surface area contributed by atoms with E-state index in [9.17, 15) is 14.4 Å². The predicted molar refractivity (Wildman–Crippen MR) is 148 cm³/mol. The molecule has 6 rings (SSSR count). The number of esters is 1. The molecule has 0 atom stereocenters. The number of pyridine rings is 1. The Balaban J connectivity index is 0.000000186. The summed E-state index contributed by atoms with van der Waals surface area (Å²) in [5.74, 6) is -0.429. The van der Waals surface area contributed by atoms with Crippen LogP contribution in [-0.2, 0) is 4.74 Å². The van der Waals surface area contributed by atoms with Crippen LogP contribution in [0.2, 0.25) is 0 Å². The molecule has 4 heterocycles. The van der Waals surface area contributed by atoms with Gasteiger partial charge in [-0.3, -0.25) is 18.7 Å². The van der Waals surface area contributed by atoms with Crippen LogP contribution >= 0.6 is 0 Å². The van der Waals surface area contributed by atoms with Gasteiger partial charge in [0.25, 0.3) is 11.1 Å². The van der Waals surface area contributed by atoms with Crippen LogP contribution < -0.4 is 11.1 Å². The molecule has 1 N–H and O–H groups in total. The maximum atomic E-state index is 12.9. The Morgan fingerprint density at radius 1 is 1.05 bits per heavy atom. The van der Waals surface area contributed by atoms with Gasteiger partial charge >= 0.3 is 5.97 Å². The van der Waals surface area contributed by atoms with E-state index in [4.69, 9.17) is 4.74 Å². The Morgan fingerprint density at radius 3 is 2.54 bits per heavy atom. The maximum Gasteiger partial charge on any atom is 0.339 e. The van der Waals surface area contributed by atoms with Crippen molar-refractivity contribution >= 4 is 28.0 Å². The Bertz CT molecular complexity index is 1730. The van der Waals surface area contributed by atoms with Crippen LogP contribution in [0.15, 0.2) is 71.0 Å². The highest BCUT2D eigenvalue weighted by Crippen LogP contribution is 2.28. The monoisotopic (exact) mass is 526 g/mol. The summed E-state index contributed by atoms with van der Waals surface area (Å²) < 4.78 is 8.26. The van der Waals surface area contributed by atoms with E-state index in [1.54, 1.807) is 23.9 Å². The van der Waals surface area contributed by atoms with Gasteiger partial charge in [0.05, 0.1) is 24.2 Å². The van der Waals surface area contributed by atoms with Gasteiger partial charge in [0.2, 0.25) is 0 Å². The number of aryl methyl sites for hydroxylation is 1. The van der Waals surface area contributed by atoms with Crippen LogP contribution in [0.25, 0.3) is 27.8 Å². The number of hydrogen-bond donors (Lipinski definition) is 1. The van der Waals surface area contributed by atoms with Crippen molar-refractivity contribution in [2.75, 3.05) is 6.61 Å². The van der Waals surface area contributed by atoms with E-state index >= 15 is 0 Å². The fourth-order valence-electron chi connectivity index (χ4n) is 4.84. The summed E-state index contributed by atoms with van der Waals surface area (Å²) in [6.07, 6.45) is 11.6. The van der Waals surface area contributed by atoms with Gasteiger partial charge in [0, 0.05) is 29.9 Å². The molecular weight excluding hydrogens is 496 g/mol. The van der Waals surface area contributed by atoms with E-state index < -0.39 is 5.97 Å². The fraction of sp³-hybridized carbons (Fsp3) is 0.310. The van der Waals surface area contributed by atoms with E-state index in [1.165, 1.54) is 41.3 Å². The van der Waals surface area contributed by atoms with Crippen LogP contribution in [-0.4, -0.2) is 41.6 Å². The molecule has 1 fully saturated rings. The lowest BCUT2D eigenvalue weighted by molar-refractivity contribution is 0.0526. The number of nitrogens with one attached hydrogen (secondary N) is 1. The third-order valence-electron chi connectivity index (χ3n) is 6.90. The molecule has 200 valence electrons. The van der Waals surface area contributed by atoms with Gasteiger partial charge in [0.15, 0.2) is 0 Å². The van der Waals surface area contributed by atoms with Crippen LogP contribution in [0.1, 0.15) is 61.0 Å². The first-order valence-electron chi connectivity index (χ1n) is 13.1. The molecular formula is C29H30N6O4. The first-order valence-corrected chi connectivity index (χ1v) is 13.1. The minimum atomic E-state index is -0.429. The van der Waals surface area contributed by atoms with Crippen molar-refractivity contribution in [1.82, 2.24) is 29.1 Å². The minimum Gasteiger partial charge on any atom is -0.462 e. The summed E-state index contributed by atoms with van der Waals surface area (Å²) in [4.78, 5) is 52.0. The first-order chi connectivity index (χ1) is 19.0. The molecule has 0 bridgehead atoms. The first kappa shape index (κ1) is 26.0. The third kappa shape index (κ3) is 5.50. The van der Waals surface area contributed by atoms with Gasteiger partial charge in [0.1, 0.15) is 23.0 Å². The number of benzene rings is 1. The summed E-state index contributed by atoms with van der Waals surface area (Å²) >= 11 is 0. The number of fused-ring (bicyclic) bond motifs is 3. The molecule has 1 saturated carbocycles. The van der Waals surface area contributed by atoms with Crippen molar-refractivity contribution in [3.05, 3.63) is 93.3 Å². The molecule has 0 spiro atoms. The molecule has 39 heavy (non-hydrogen) atoms. The number of nitrogens with zero attached hydrogens (tertiary/aromatic N) is 5. The molecule has 1 aliphatic rings. The number of hydrogen-bond acceptors (Lipinski definition) is 7. The topological polar surface area (TPSA) is 125 Å².